The molecule has 1 heterocycles. The number of hydrogen-bond donors (Lipinski definition) is 1. The summed E-state index contributed by atoms with van der Waals surface area (Å²) in [7, 11) is 0. The van der Waals surface area contributed by atoms with Gasteiger partial charge < -0.3 is 5.32 Å². The van der Waals surface area contributed by atoms with Crippen molar-refractivity contribution in [3.63, 3.8) is 0 Å². The number of rotatable bonds is 6. The van der Waals surface area contributed by atoms with Gasteiger partial charge in [0.15, 0.2) is 5.16 Å². The van der Waals surface area contributed by atoms with Crippen LogP contribution < -0.4 is 5.32 Å². The molecule has 0 spiro atoms. The lowest BCUT2D eigenvalue weighted by Crippen LogP contribution is -2.27. The van der Waals surface area contributed by atoms with E-state index in [1.165, 1.54) is 11.8 Å². The van der Waals surface area contributed by atoms with Crippen molar-refractivity contribution in [3.8, 4) is 0 Å². The van der Waals surface area contributed by atoms with Crippen molar-refractivity contribution in [2.75, 3.05) is 12.3 Å². The third kappa shape index (κ3) is 5.59. The van der Waals surface area contributed by atoms with E-state index in [1.807, 2.05) is 20.8 Å². The monoisotopic (exact) mass is 281 g/mol. The Morgan fingerprint density at radius 2 is 1.79 bits per heavy atom. The van der Waals surface area contributed by atoms with Gasteiger partial charge in [-0.2, -0.15) is 0 Å². The second kappa shape index (κ2) is 7.48. The molecule has 0 radical (unpaired) electrons. The molecule has 1 aromatic heterocycles. The molecule has 1 amide bonds. The molecule has 0 unspecified atom stereocenters. The van der Waals surface area contributed by atoms with E-state index in [0.717, 1.165) is 29.9 Å². The van der Waals surface area contributed by atoms with E-state index >= 15 is 0 Å². The van der Waals surface area contributed by atoms with E-state index in [0.29, 0.717) is 16.8 Å². The van der Waals surface area contributed by atoms with Crippen molar-refractivity contribution in [3.05, 3.63) is 17.0 Å². The number of nitrogens with zero attached hydrogens (tertiary/aromatic N) is 2. The minimum absolute atomic E-state index is 0.0464. The molecule has 0 aliphatic carbocycles. The lowest BCUT2D eigenvalue weighted by atomic mass is 10.1. The third-order valence-electron chi connectivity index (χ3n) is 2.99. The maximum atomic E-state index is 11.6. The summed E-state index contributed by atoms with van der Waals surface area (Å²) in [5.41, 5.74) is 3.08. The molecule has 1 aromatic rings. The number of aromatic nitrogens is 2. The molecule has 0 aliphatic rings. The molecule has 0 saturated carbocycles. The van der Waals surface area contributed by atoms with E-state index in [9.17, 15) is 4.79 Å². The van der Waals surface area contributed by atoms with Gasteiger partial charge in [0.2, 0.25) is 5.91 Å². The highest BCUT2D eigenvalue weighted by Crippen LogP contribution is 2.16. The zero-order valence-corrected chi connectivity index (χ0v) is 13.2. The average Bonchev–Trinajstić information content (AvgIpc) is 2.32. The van der Waals surface area contributed by atoms with E-state index in [1.54, 1.807) is 0 Å². The van der Waals surface area contributed by atoms with Crippen molar-refractivity contribution >= 4 is 17.7 Å². The normalized spacial score (nSPS) is 10.8. The summed E-state index contributed by atoms with van der Waals surface area (Å²) in [5.74, 6) is 1.03. The zero-order chi connectivity index (χ0) is 14.4. The highest BCUT2D eigenvalue weighted by molar-refractivity contribution is 7.99. The largest absolute Gasteiger partial charge is 0.355 e. The maximum absolute atomic E-state index is 11.6. The van der Waals surface area contributed by atoms with Crippen LogP contribution in [0.1, 0.15) is 37.2 Å². The fraction of sp³-hybridized carbons (Fsp3) is 0.643. The van der Waals surface area contributed by atoms with E-state index in [4.69, 9.17) is 0 Å². The van der Waals surface area contributed by atoms with Crippen molar-refractivity contribution in [2.24, 2.45) is 5.92 Å². The van der Waals surface area contributed by atoms with Gasteiger partial charge in [0.05, 0.1) is 5.75 Å². The molecule has 0 bridgehead atoms. The Morgan fingerprint density at radius 3 is 2.32 bits per heavy atom. The highest BCUT2D eigenvalue weighted by Gasteiger charge is 2.08. The number of hydrogen-bond acceptors (Lipinski definition) is 4. The van der Waals surface area contributed by atoms with Gasteiger partial charge in [0, 0.05) is 17.9 Å². The second-order valence-electron chi connectivity index (χ2n) is 5.12. The van der Waals surface area contributed by atoms with Gasteiger partial charge in [0.1, 0.15) is 0 Å². The molecule has 106 valence electrons. The molecule has 0 aliphatic heterocycles. The van der Waals surface area contributed by atoms with Crippen LogP contribution in [-0.2, 0) is 4.79 Å². The Morgan fingerprint density at radius 1 is 1.21 bits per heavy atom. The molecule has 0 saturated heterocycles. The highest BCUT2D eigenvalue weighted by atomic mass is 32.2. The van der Waals surface area contributed by atoms with Gasteiger partial charge in [-0.25, -0.2) is 9.97 Å². The van der Waals surface area contributed by atoms with Crippen LogP contribution in [0.5, 0.6) is 0 Å². The smallest absolute Gasteiger partial charge is 0.230 e. The van der Waals surface area contributed by atoms with Crippen LogP contribution in [0.25, 0.3) is 0 Å². The third-order valence-corrected chi connectivity index (χ3v) is 3.84. The summed E-state index contributed by atoms with van der Waals surface area (Å²) in [4.78, 5) is 20.4. The van der Waals surface area contributed by atoms with Gasteiger partial charge >= 0.3 is 0 Å². The van der Waals surface area contributed by atoms with E-state index in [2.05, 4.69) is 29.1 Å². The SMILES string of the molecule is Cc1nc(SCC(=O)NCCC(C)C)nc(C)c1C. The number of thioether (sulfide) groups is 1. The number of amides is 1. The molecule has 0 atom stereocenters. The topological polar surface area (TPSA) is 54.9 Å². The minimum atomic E-state index is 0.0464. The average molecular weight is 281 g/mol. The standard InChI is InChI=1S/C14H23N3OS/c1-9(2)6-7-15-13(18)8-19-14-16-11(4)10(3)12(5)17-14/h9H,6-8H2,1-5H3,(H,15,18). The maximum Gasteiger partial charge on any atom is 0.230 e. The summed E-state index contributed by atoms with van der Waals surface area (Å²) in [6.07, 6.45) is 1.01. The van der Waals surface area contributed by atoms with E-state index in [-0.39, 0.29) is 5.91 Å². The summed E-state index contributed by atoms with van der Waals surface area (Å²) >= 11 is 1.39. The van der Waals surface area contributed by atoms with Crippen LogP contribution in [0.15, 0.2) is 5.16 Å². The van der Waals surface area contributed by atoms with Crippen molar-refractivity contribution in [1.82, 2.24) is 15.3 Å². The Kier molecular flexibility index (Phi) is 6.28. The molecular formula is C14H23N3OS. The van der Waals surface area contributed by atoms with Gasteiger partial charge in [-0.3, -0.25) is 4.79 Å². The predicted octanol–water partition coefficient (Wildman–Crippen LogP) is 2.66. The molecule has 0 fully saturated rings. The Labute approximate surface area is 119 Å². The lowest BCUT2D eigenvalue weighted by molar-refractivity contribution is -0.118. The molecule has 19 heavy (non-hydrogen) atoms. The summed E-state index contributed by atoms with van der Waals surface area (Å²) in [5, 5.41) is 3.59. The fourth-order valence-electron chi connectivity index (χ4n) is 1.49. The minimum Gasteiger partial charge on any atom is -0.355 e. The first-order valence-electron chi connectivity index (χ1n) is 6.61. The fourth-order valence-corrected chi connectivity index (χ4v) is 2.25. The summed E-state index contributed by atoms with van der Waals surface area (Å²) in [6, 6.07) is 0. The Balaban J connectivity index is 2.42. The zero-order valence-electron chi connectivity index (χ0n) is 12.4. The lowest BCUT2D eigenvalue weighted by Gasteiger charge is -2.08. The molecular weight excluding hydrogens is 258 g/mol. The molecule has 1 N–H and O–H groups in total. The Bertz CT molecular complexity index is 423. The predicted molar refractivity (Wildman–Crippen MR) is 79.4 cm³/mol. The van der Waals surface area contributed by atoms with Crippen molar-refractivity contribution in [1.29, 1.82) is 0 Å². The van der Waals surface area contributed by atoms with Crippen LogP contribution in [-0.4, -0.2) is 28.2 Å². The van der Waals surface area contributed by atoms with Crippen LogP contribution in [0, 0.1) is 26.7 Å². The summed E-state index contributed by atoms with van der Waals surface area (Å²) < 4.78 is 0. The number of aryl methyl sites for hydroxylation is 2. The Hall–Kier alpha value is -1.10. The van der Waals surface area contributed by atoms with Gasteiger partial charge in [-0.05, 0) is 38.7 Å². The first-order chi connectivity index (χ1) is 8.90. The van der Waals surface area contributed by atoms with Crippen LogP contribution in [0.2, 0.25) is 0 Å². The first-order valence-corrected chi connectivity index (χ1v) is 7.60. The van der Waals surface area contributed by atoms with Crippen LogP contribution in [0.4, 0.5) is 0 Å². The van der Waals surface area contributed by atoms with Crippen molar-refractivity contribution in [2.45, 2.75) is 46.2 Å². The molecule has 5 heteroatoms. The quantitative estimate of drug-likeness (QED) is 0.643. The number of nitrogens with one attached hydrogen (secondary N) is 1. The number of carbonyl (C=O) groups excluding carboxylic acids is 1. The van der Waals surface area contributed by atoms with Crippen LogP contribution >= 0.6 is 11.8 Å². The van der Waals surface area contributed by atoms with Gasteiger partial charge in [-0.1, -0.05) is 25.6 Å². The van der Waals surface area contributed by atoms with Gasteiger partial charge in [-0.15, -0.1) is 0 Å². The first kappa shape index (κ1) is 16.0. The molecule has 4 nitrogen and oxygen atoms in total. The molecule has 0 aromatic carbocycles. The second-order valence-corrected chi connectivity index (χ2v) is 6.07. The summed E-state index contributed by atoms with van der Waals surface area (Å²) in [6.45, 7) is 11.0. The van der Waals surface area contributed by atoms with E-state index < -0.39 is 0 Å². The van der Waals surface area contributed by atoms with Gasteiger partial charge in [0.25, 0.3) is 0 Å². The molecule has 1 rings (SSSR count). The van der Waals surface area contributed by atoms with Crippen molar-refractivity contribution < 1.29 is 4.79 Å². The van der Waals surface area contributed by atoms with Crippen LogP contribution in [0.3, 0.4) is 0 Å². The number of carbonyl (C=O) groups is 1.